The van der Waals surface area contributed by atoms with Crippen molar-refractivity contribution in [3.8, 4) is 0 Å². The maximum absolute atomic E-state index is 5.79. The average molecular weight is 199 g/mol. The fourth-order valence-electron chi connectivity index (χ4n) is 2.05. The number of unbranched alkanes of at least 4 members (excludes halogenated alkanes) is 1. The molecular weight excluding hydrogens is 174 g/mol. The molecule has 2 heteroatoms. The van der Waals surface area contributed by atoms with Gasteiger partial charge in [0.15, 0.2) is 0 Å². The van der Waals surface area contributed by atoms with Crippen molar-refractivity contribution in [2.24, 2.45) is 5.92 Å². The summed E-state index contributed by atoms with van der Waals surface area (Å²) in [5.74, 6) is 0.793. The lowest BCUT2D eigenvalue weighted by atomic mass is 10.0. The highest BCUT2D eigenvalue weighted by Crippen LogP contribution is 2.17. The summed E-state index contributed by atoms with van der Waals surface area (Å²) in [6.45, 7) is 8.77. The number of hydrogen-bond donors (Lipinski definition) is 1. The van der Waals surface area contributed by atoms with Gasteiger partial charge in [-0.3, -0.25) is 0 Å². The molecule has 1 N–H and O–H groups in total. The third-order valence-corrected chi connectivity index (χ3v) is 2.79. The van der Waals surface area contributed by atoms with Crippen molar-refractivity contribution in [2.75, 3.05) is 13.2 Å². The molecule has 0 spiro atoms. The zero-order chi connectivity index (χ0) is 10.4. The van der Waals surface area contributed by atoms with Crippen molar-refractivity contribution in [1.82, 2.24) is 5.32 Å². The van der Waals surface area contributed by atoms with Gasteiger partial charge >= 0.3 is 0 Å². The fourth-order valence-corrected chi connectivity index (χ4v) is 2.05. The highest BCUT2D eigenvalue weighted by Gasteiger charge is 2.24. The molecule has 0 aromatic rings. The third kappa shape index (κ3) is 4.43. The average Bonchev–Trinajstić information content (AvgIpc) is 2.52. The van der Waals surface area contributed by atoms with Gasteiger partial charge in [-0.2, -0.15) is 0 Å². The first-order valence-corrected chi connectivity index (χ1v) is 6.07. The summed E-state index contributed by atoms with van der Waals surface area (Å²) in [6.07, 6.45) is 5.40. The number of ether oxygens (including phenoxy) is 1. The molecule has 2 atom stereocenters. The number of nitrogens with one attached hydrogen (secondary N) is 1. The van der Waals surface area contributed by atoms with Gasteiger partial charge in [0, 0.05) is 19.2 Å². The van der Waals surface area contributed by atoms with Crippen molar-refractivity contribution in [1.29, 1.82) is 0 Å². The smallest absolute Gasteiger partial charge is 0.0714 e. The van der Waals surface area contributed by atoms with E-state index < -0.39 is 0 Å². The van der Waals surface area contributed by atoms with Crippen LogP contribution in [0.4, 0.5) is 0 Å². The van der Waals surface area contributed by atoms with Crippen LogP contribution in [0.15, 0.2) is 0 Å². The molecular formula is C12H25NO. The first-order chi connectivity index (χ1) is 6.72. The monoisotopic (exact) mass is 199 g/mol. The molecule has 0 unspecified atom stereocenters. The second kappa shape index (κ2) is 6.41. The van der Waals surface area contributed by atoms with E-state index in [4.69, 9.17) is 4.74 Å². The molecule has 1 aliphatic rings. The van der Waals surface area contributed by atoms with Gasteiger partial charge in [0.1, 0.15) is 0 Å². The van der Waals surface area contributed by atoms with Crippen molar-refractivity contribution in [3.63, 3.8) is 0 Å². The predicted molar refractivity (Wildman–Crippen MR) is 60.5 cm³/mol. The quantitative estimate of drug-likeness (QED) is 0.664. The maximum atomic E-state index is 5.79. The van der Waals surface area contributed by atoms with Gasteiger partial charge < -0.3 is 10.1 Å². The van der Waals surface area contributed by atoms with Crippen LogP contribution in [0.1, 0.15) is 46.5 Å². The van der Waals surface area contributed by atoms with Gasteiger partial charge in [-0.25, -0.2) is 0 Å². The first kappa shape index (κ1) is 12.0. The van der Waals surface area contributed by atoms with Crippen LogP contribution in [0.2, 0.25) is 0 Å². The minimum Gasteiger partial charge on any atom is -0.377 e. The summed E-state index contributed by atoms with van der Waals surface area (Å²) >= 11 is 0. The summed E-state index contributed by atoms with van der Waals surface area (Å²) in [5.41, 5.74) is 0. The molecule has 0 bridgehead atoms. The topological polar surface area (TPSA) is 21.3 Å². The summed E-state index contributed by atoms with van der Waals surface area (Å²) < 4.78 is 5.79. The van der Waals surface area contributed by atoms with E-state index in [-0.39, 0.29) is 0 Å². The molecule has 84 valence electrons. The van der Waals surface area contributed by atoms with Crippen LogP contribution in [-0.4, -0.2) is 25.3 Å². The molecule has 1 saturated heterocycles. The Hall–Kier alpha value is -0.0800. The Balaban J connectivity index is 2.08. The number of hydrogen-bond acceptors (Lipinski definition) is 2. The summed E-state index contributed by atoms with van der Waals surface area (Å²) in [5, 5.41) is 3.54. The first-order valence-electron chi connectivity index (χ1n) is 6.07. The van der Waals surface area contributed by atoms with E-state index in [1.807, 2.05) is 0 Å². The third-order valence-electron chi connectivity index (χ3n) is 2.79. The van der Waals surface area contributed by atoms with Crippen molar-refractivity contribution in [2.45, 2.75) is 58.6 Å². The molecule has 0 saturated carbocycles. The Bertz CT molecular complexity index is 147. The molecule has 1 rings (SSSR count). The Morgan fingerprint density at radius 3 is 2.86 bits per heavy atom. The lowest BCUT2D eigenvalue weighted by molar-refractivity contribution is 0.0630. The van der Waals surface area contributed by atoms with Crippen LogP contribution in [0, 0.1) is 5.92 Å². The lowest BCUT2D eigenvalue weighted by Crippen LogP contribution is -2.23. The van der Waals surface area contributed by atoms with E-state index in [1.165, 1.54) is 25.7 Å². The molecule has 1 aliphatic heterocycles. The van der Waals surface area contributed by atoms with Crippen LogP contribution in [0.3, 0.4) is 0 Å². The van der Waals surface area contributed by atoms with Crippen molar-refractivity contribution < 1.29 is 4.74 Å². The molecule has 2 nitrogen and oxygen atoms in total. The van der Waals surface area contributed by atoms with E-state index in [0.29, 0.717) is 12.1 Å². The minimum absolute atomic E-state index is 0.477. The normalized spacial score (nSPS) is 27.4. The summed E-state index contributed by atoms with van der Waals surface area (Å²) in [6, 6.07) is 0.696. The van der Waals surface area contributed by atoms with Crippen LogP contribution < -0.4 is 5.32 Å². The van der Waals surface area contributed by atoms with E-state index in [1.54, 1.807) is 0 Å². The lowest BCUT2D eigenvalue weighted by Gasteiger charge is -2.13. The maximum Gasteiger partial charge on any atom is 0.0714 e. The van der Waals surface area contributed by atoms with E-state index in [0.717, 1.165) is 19.1 Å². The van der Waals surface area contributed by atoms with Crippen LogP contribution in [0.25, 0.3) is 0 Å². The Kier molecular flexibility index (Phi) is 5.49. The van der Waals surface area contributed by atoms with Crippen molar-refractivity contribution >= 4 is 0 Å². The van der Waals surface area contributed by atoms with E-state index >= 15 is 0 Å². The van der Waals surface area contributed by atoms with Gasteiger partial charge in [0.25, 0.3) is 0 Å². The SMILES string of the molecule is CCCCO[C@H]1CN[C@H](CC(C)C)C1. The molecule has 0 aromatic carbocycles. The fraction of sp³-hybridized carbons (Fsp3) is 1.00. The highest BCUT2D eigenvalue weighted by atomic mass is 16.5. The predicted octanol–water partition coefficient (Wildman–Crippen LogP) is 2.58. The zero-order valence-corrected chi connectivity index (χ0v) is 9.88. The zero-order valence-electron chi connectivity index (χ0n) is 9.88. The minimum atomic E-state index is 0.477. The van der Waals surface area contributed by atoms with Gasteiger partial charge in [0.2, 0.25) is 0 Å². The van der Waals surface area contributed by atoms with Gasteiger partial charge in [-0.15, -0.1) is 0 Å². The van der Waals surface area contributed by atoms with E-state index in [2.05, 4.69) is 26.1 Å². The summed E-state index contributed by atoms with van der Waals surface area (Å²) in [4.78, 5) is 0. The number of rotatable bonds is 6. The largest absolute Gasteiger partial charge is 0.377 e. The Labute approximate surface area is 88.4 Å². The van der Waals surface area contributed by atoms with Gasteiger partial charge in [-0.1, -0.05) is 27.2 Å². The van der Waals surface area contributed by atoms with Gasteiger partial charge in [0.05, 0.1) is 6.10 Å². The molecule has 0 radical (unpaired) electrons. The summed E-state index contributed by atoms with van der Waals surface area (Å²) in [7, 11) is 0. The van der Waals surface area contributed by atoms with E-state index in [9.17, 15) is 0 Å². The van der Waals surface area contributed by atoms with Gasteiger partial charge in [-0.05, 0) is 25.2 Å². The Morgan fingerprint density at radius 2 is 2.21 bits per heavy atom. The highest BCUT2D eigenvalue weighted by molar-refractivity contribution is 4.82. The second-order valence-electron chi connectivity index (χ2n) is 4.82. The molecule has 0 aliphatic carbocycles. The molecule has 1 heterocycles. The second-order valence-corrected chi connectivity index (χ2v) is 4.82. The standard InChI is InChI=1S/C12H25NO/c1-4-5-6-14-12-8-11(13-9-12)7-10(2)3/h10-13H,4-9H2,1-3H3/t11-,12-/m1/s1. The molecule has 0 amide bonds. The molecule has 0 aromatic heterocycles. The van der Waals surface area contributed by atoms with Crippen LogP contribution in [-0.2, 0) is 4.74 Å². The van der Waals surface area contributed by atoms with Crippen LogP contribution >= 0.6 is 0 Å². The van der Waals surface area contributed by atoms with Crippen LogP contribution in [0.5, 0.6) is 0 Å². The Morgan fingerprint density at radius 1 is 1.43 bits per heavy atom. The van der Waals surface area contributed by atoms with Crippen molar-refractivity contribution in [3.05, 3.63) is 0 Å². The molecule has 1 fully saturated rings. The molecule has 14 heavy (non-hydrogen) atoms.